The molecular weight excluding hydrogens is 258 g/mol. The predicted molar refractivity (Wildman–Crippen MR) is 78.3 cm³/mol. The van der Waals surface area contributed by atoms with Crippen molar-refractivity contribution in [3.63, 3.8) is 0 Å². The van der Waals surface area contributed by atoms with Crippen LogP contribution in [0.15, 0.2) is 42.5 Å². The highest BCUT2D eigenvalue weighted by molar-refractivity contribution is 7.99. The first-order valence-corrected chi connectivity index (χ1v) is 7.39. The number of carboxylic acids is 1. The van der Waals surface area contributed by atoms with Crippen molar-refractivity contribution in [2.45, 2.75) is 17.8 Å². The van der Waals surface area contributed by atoms with E-state index in [4.69, 9.17) is 5.11 Å². The summed E-state index contributed by atoms with van der Waals surface area (Å²) >= 11 is 1.78. The standard InChI is InChI=1S/C15H15NO2S/c17-15(18)13-8-9-19-14(16-13)12-7-3-5-10-4-1-2-6-11(10)12/h1-7,13-14,16H,8-9H2,(H,17,18). The molecular formula is C15H15NO2S. The minimum absolute atomic E-state index is 0.0564. The molecule has 98 valence electrons. The van der Waals surface area contributed by atoms with Crippen LogP contribution in [0.2, 0.25) is 0 Å². The van der Waals surface area contributed by atoms with Gasteiger partial charge in [-0.05, 0) is 28.5 Å². The fourth-order valence-corrected chi connectivity index (χ4v) is 3.72. The second-order valence-corrected chi connectivity index (χ2v) is 5.88. The number of nitrogens with one attached hydrogen (secondary N) is 1. The Morgan fingerprint density at radius 3 is 2.84 bits per heavy atom. The first-order valence-electron chi connectivity index (χ1n) is 6.34. The molecule has 0 spiro atoms. The maximum absolute atomic E-state index is 11.1. The lowest BCUT2D eigenvalue weighted by atomic mass is 10.0. The first-order chi connectivity index (χ1) is 9.25. The van der Waals surface area contributed by atoms with Crippen molar-refractivity contribution in [2.75, 3.05) is 5.75 Å². The number of fused-ring (bicyclic) bond motifs is 1. The highest BCUT2D eigenvalue weighted by Gasteiger charge is 2.27. The van der Waals surface area contributed by atoms with E-state index in [0.717, 1.165) is 5.75 Å². The summed E-state index contributed by atoms with van der Waals surface area (Å²) in [5, 5.41) is 14.8. The highest BCUT2D eigenvalue weighted by atomic mass is 32.2. The van der Waals surface area contributed by atoms with E-state index in [9.17, 15) is 4.79 Å². The van der Waals surface area contributed by atoms with Gasteiger partial charge in [0.15, 0.2) is 0 Å². The van der Waals surface area contributed by atoms with Crippen LogP contribution in [0.3, 0.4) is 0 Å². The molecule has 3 nitrogen and oxygen atoms in total. The number of carbonyl (C=O) groups is 1. The van der Waals surface area contributed by atoms with Crippen molar-refractivity contribution in [1.82, 2.24) is 5.32 Å². The van der Waals surface area contributed by atoms with Crippen LogP contribution in [0.25, 0.3) is 10.8 Å². The Hall–Kier alpha value is -1.52. The summed E-state index contributed by atoms with van der Waals surface area (Å²) in [6, 6.07) is 14.0. The molecule has 0 aromatic heterocycles. The SMILES string of the molecule is O=C(O)C1CCSC(c2cccc3ccccc23)N1. The van der Waals surface area contributed by atoms with E-state index in [2.05, 4.69) is 29.6 Å². The van der Waals surface area contributed by atoms with E-state index in [1.54, 1.807) is 11.8 Å². The molecule has 19 heavy (non-hydrogen) atoms. The second kappa shape index (κ2) is 5.23. The van der Waals surface area contributed by atoms with Gasteiger partial charge in [0.25, 0.3) is 0 Å². The lowest BCUT2D eigenvalue weighted by Gasteiger charge is -2.29. The summed E-state index contributed by atoms with van der Waals surface area (Å²) in [7, 11) is 0. The van der Waals surface area contributed by atoms with Crippen LogP contribution >= 0.6 is 11.8 Å². The van der Waals surface area contributed by atoms with Crippen molar-refractivity contribution in [2.24, 2.45) is 0 Å². The minimum atomic E-state index is -0.759. The zero-order chi connectivity index (χ0) is 13.2. The van der Waals surface area contributed by atoms with Gasteiger partial charge in [0, 0.05) is 0 Å². The predicted octanol–water partition coefficient (Wildman–Crippen LogP) is 3.02. The molecule has 1 saturated heterocycles. The maximum atomic E-state index is 11.1. The van der Waals surface area contributed by atoms with Crippen LogP contribution in [0.4, 0.5) is 0 Å². The van der Waals surface area contributed by atoms with Gasteiger partial charge in [-0.25, -0.2) is 0 Å². The van der Waals surface area contributed by atoms with Gasteiger partial charge in [-0.15, -0.1) is 11.8 Å². The normalized spacial score (nSPS) is 23.4. The summed E-state index contributed by atoms with van der Waals surface area (Å²) in [6.07, 6.45) is 0.682. The van der Waals surface area contributed by atoms with E-state index < -0.39 is 12.0 Å². The lowest BCUT2D eigenvalue weighted by molar-refractivity contribution is -0.139. The summed E-state index contributed by atoms with van der Waals surface area (Å²) in [5.41, 5.74) is 1.18. The molecule has 0 radical (unpaired) electrons. The summed E-state index contributed by atoms with van der Waals surface area (Å²) < 4.78 is 0. The molecule has 1 heterocycles. The van der Waals surface area contributed by atoms with E-state index in [0.29, 0.717) is 6.42 Å². The van der Waals surface area contributed by atoms with E-state index in [1.165, 1.54) is 16.3 Å². The van der Waals surface area contributed by atoms with Gasteiger partial charge in [-0.3, -0.25) is 10.1 Å². The molecule has 1 aliphatic heterocycles. The zero-order valence-corrected chi connectivity index (χ0v) is 11.2. The van der Waals surface area contributed by atoms with E-state index in [-0.39, 0.29) is 5.37 Å². The molecule has 1 fully saturated rings. The Kier molecular flexibility index (Phi) is 3.44. The molecule has 2 N–H and O–H groups in total. The van der Waals surface area contributed by atoms with E-state index >= 15 is 0 Å². The van der Waals surface area contributed by atoms with Crippen molar-refractivity contribution in [3.8, 4) is 0 Å². The van der Waals surface area contributed by atoms with Crippen LogP contribution in [0.1, 0.15) is 17.4 Å². The number of aliphatic carboxylic acids is 1. The number of benzene rings is 2. The highest BCUT2D eigenvalue weighted by Crippen LogP contribution is 2.35. The number of thioether (sulfide) groups is 1. The third-order valence-corrected chi connectivity index (χ3v) is 4.64. The van der Waals surface area contributed by atoms with Gasteiger partial charge in [0.2, 0.25) is 0 Å². The molecule has 2 aromatic rings. The number of rotatable bonds is 2. The molecule has 4 heteroatoms. The molecule has 2 unspecified atom stereocenters. The fourth-order valence-electron chi connectivity index (χ4n) is 2.47. The van der Waals surface area contributed by atoms with Crippen molar-refractivity contribution >= 4 is 28.5 Å². The average Bonchev–Trinajstić information content (AvgIpc) is 2.47. The Morgan fingerprint density at radius 2 is 2.00 bits per heavy atom. The molecule has 0 amide bonds. The number of carboxylic acid groups (broad SMARTS) is 1. The fraction of sp³-hybridized carbons (Fsp3) is 0.267. The van der Waals surface area contributed by atoms with E-state index in [1.807, 2.05) is 18.2 Å². The zero-order valence-electron chi connectivity index (χ0n) is 10.4. The third-order valence-electron chi connectivity index (χ3n) is 3.45. The largest absolute Gasteiger partial charge is 0.480 e. The molecule has 2 aromatic carbocycles. The molecule has 0 aliphatic carbocycles. The molecule has 0 bridgehead atoms. The Morgan fingerprint density at radius 1 is 1.21 bits per heavy atom. The maximum Gasteiger partial charge on any atom is 0.320 e. The molecule has 3 rings (SSSR count). The molecule has 2 atom stereocenters. The van der Waals surface area contributed by atoms with Gasteiger partial charge in [0.1, 0.15) is 6.04 Å². The number of hydrogen-bond donors (Lipinski definition) is 2. The van der Waals surface area contributed by atoms with Gasteiger partial charge in [-0.1, -0.05) is 42.5 Å². The van der Waals surface area contributed by atoms with Crippen LogP contribution < -0.4 is 5.32 Å². The minimum Gasteiger partial charge on any atom is -0.480 e. The van der Waals surface area contributed by atoms with Crippen LogP contribution in [-0.4, -0.2) is 22.9 Å². The smallest absolute Gasteiger partial charge is 0.320 e. The van der Waals surface area contributed by atoms with Crippen molar-refractivity contribution in [1.29, 1.82) is 0 Å². The topological polar surface area (TPSA) is 49.3 Å². The quantitative estimate of drug-likeness (QED) is 0.883. The summed E-state index contributed by atoms with van der Waals surface area (Å²) in [6.45, 7) is 0. The van der Waals surface area contributed by atoms with Crippen LogP contribution in [0, 0.1) is 0 Å². The van der Waals surface area contributed by atoms with Gasteiger partial charge >= 0.3 is 5.97 Å². The van der Waals surface area contributed by atoms with Crippen LogP contribution in [-0.2, 0) is 4.79 Å². The molecule has 1 aliphatic rings. The average molecular weight is 273 g/mol. The second-order valence-electron chi connectivity index (χ2n) is 4.67. The third kappa shape index (κ3) is 2.46. The van der Waals surface area contributed by atoms with Crippen molar-refractivity contribution < 1.29 is 9.90 Å². The van der Waals surface area contributed by atoms with Gasteiger partial charge in [0.05, 0.1) is 5.37 Å². The van der Waals surface area contributed by atoms with Gasteiger partial charge in [-0.2, -0.15) is 0 Å². The van der Waals surface area contributed by atoms with Crippen molar-refractivity contribution in [3.05, 3.63) is 48.0 Å². The summed E-state index contributed by atoms with van der Waals surface area (Å²) in [4.78, 5) is 11.1. The Bertz CT molecular complexity index is 609. The van der Waals surface area contributed by atoms with Gasteiger partial charge < -0.3 is 5.11 Å². The first kappa shape index (κ1) is 12.5. The Labute approximate surface area is 116 Å². The Balaban J connectivity index is 1.97. The van der Waals surface area contributed by atoms with Crippen LogP contribution in [0.5, 0.6) is 0 Å². The monoisotopic (exact) mass is 273 g/mol. The summed E-state index contributed by atoms with van der Waals surface area (Å²) in [5.74, 6) is 0.114. The lowest BCUT2D eigenvalue weighted by Crippen LogP contribution is -2.41. The molecule has 0 saturated carbocycles. The number of hydrogen-bond acceptors (Lipinski definition) is 3.